The smallest absolute Gasteiger partial charge is 0.127 e. The highest BCUT2D eigenvalue weighted by molar-refractivity contribution is 9.10. The van der Waals surface area contributed by atoms with Gasteiger partial charge in [0.2, 0.25) is 0 Å². The Labute approximate surface area is 146 Å². The molecule has 21 heavy (non-hydrogen) atoms. The van der Waals surface area contributed by atoms with E-state index in [1.165, 1.54) is 16.7 Å². The van der Waals surface area contributed by atoms with Crippen LogP contribution in [0.5, 0.6) is 5.75 Å². The molecular formula is C16H14Br2ClNO. The molecule has 1 aliphatic heterocycles. The van der Waals surface area contributed by atoms with Crippen LogP contribution in [0, 0.1) is 0 Å². The van der Waals surface area contributed by atoms with Crippen molar-refractivity contribution in [3.05, 3.63) is 61.0 Å². The zero-order valence-electron chi connectivity index (χ0n) is 11.3. The van der Waals surface area contributed by atoms with E-state index in [9.17, 15) is 0 Å². The van der Waals surface area contributed by atoms with Crippen molar-refractivity contribution in [2.24, 2.45) is 0 Å². The Morgan fingerprint density at radius 1 is 1.10 bits per heavy atom. The summed E-state index contributed by atoms with van der Waals surface area (Å²) in [5, 5.41) is 4.20. The average molecular weight is 432 g/mol. The molecule has 110 valence electrons. The van der Waals surface area contributed by atoms with Gasteiger partial charge in [-0.2, -0.15) is 0 Å². The highest BCUT2D eigenvalue weighted by Crippen LogP contribution is 2.33. The Morgan fingerprint density at radius 2 is 1.90 bits per heavy atom. The molecule has 1 heterocycles. The highest BCUT2D eigenvalue weighted by atomic mass is 79.9. The number of rotatable bonds is 4. The molecule has 2 aromatic carbocycles. The zero-order valence-corrected chi connectivity index (χ0v) is 15.2. The van der Waals surface area contributed by atoms with Crippen LogP contribution in [0.1, 0.15) is 16.7 Å². The molecule has 5 heteroatoms. The topological polar surface area (TPSA) is 21.3 Å². The Hall–Kier alpha value is -0.550. The predicted octanol–water partition coefficient (Wildman–Crippen LogP) is 5.09. The molecule has 0 unspecified atom stereocenters. The van der Waals surface area contributed by atoms with E-state index in [-0.39, 0.29) is 0 Å². The van der Waals surface area contributed by atoms with E-state index < -0.39 is 0 Å². The van der Waals surface area contributed by atoms with E-state index in [0.717, 1.165) is 45.8 Å². The molecule has 2 nitrogen and oxygen atoms in total. The summed E-state index contributed by atoms with van der Waals surface area (Å²) < 4.78 is 7.87. The van der Waals surface area contributed by atoms with Gasteiger partial charge >= 0.3 is 0 Å². The maximum absolute atomic E-state index is 5.96. The molecule has 0 atom stereocenters. The Kier molecular flexibility index (Phi) is 4.89. The monoisotopic (exact) mass is 429 g/mol. The Bertz CT molecular complexity index is 676. The fraction of sp³-hybridized carbons (Fsp3) is 0.250. The lowest BCUT2D eigenvalue weighted by molar-refractivity contribution is 0.352. The van der Waals surface area contributed by atoms with E-state index in [0.29, 0.717) is 0 Å². The average Bonchev–Trinajstić information content (AvgIpc) is 2.89. The molecule has 0 aliphatic carbocycles. The zero-order chi connectivity index (χ0) is 14.8. The molecule has 0 saturated carbocycles. The molecule has 0 saturated heterocycles. The van der Waals surface area contributed by atoms with Crippen molar-refractivity contribution in [2.75, 3.05) is 6.61 Å². The number of hydrogen-bond donors (Lipinski definition) is 1. The van der Waals surface area contributed by atoms with Crippen molar-refractivity contribution in [1.82, 2.24) is 5.32 Å². The number of fused-ring (bicyclic) bond motifs is 1. The number of benzene rings is 2. The van der Waals surface area contributed by atoms with Gasteiger partial charge in [0.1, 0.15) is 5.75 Å². The number of halogens is 3. The fourth-order valence-corrected chi connectivity index (χ4v) is 3.85. The normalized spacial score (nSPS) is 13.1. The van der Waals surface area contributed by atoms with Gasteiger partial charge in [0.15, 0.2) is 0 Å². The van der Waals surface area contributed by atoms with Gasteiger partial charge in [0, 0.05) is 39.0 Å². The largest absolute Gasteiger partial charge is 0.493 e. The third-order valence-corrected chi connectivity index (χ3v) is 4.90. The van der Waals surface area contributed by atoms with Crippen molar-refractivity contribution in [2.45, 2.75) is 19.5 Å². The van der Waals surface area contributed by atoms with Crippen LogP contribution < -0.4 is 10.1 Å². The van der Waals surface area contributed by atoms with Crippen molar-refractivity contribution in [1.29, 1.82) is 0 Å². The first-order chi connectivity index (χ1) is 10.1. The third kappa shape index (κ3) is 3.62. The standard InChI is InChI=1S/C16H14Br2ClNO/c17-13-5-10-3-4-21-16(10)12(6-13)9-20-8-11-1-2-14(19)7-15(11)18/h1-2,5-7,20H,3-4,8-9H2. The molecule has 0 amide bonds. The van der Waals surface area contributed by atoms with Crippen LogP contribution >= 0.6 is 43.5 Å². The highest BCUT2D eigenvalue weighted by Gasteiger charge is 2.17. The quantitative estimate of drug-likeness (QED) is 0.728. The summed E-state index contributed by atoms with van der Waals surface area (Å²) in [6, 6.07) is 10.1. The van der Waals surface area contributed by atoms with Gasteiger partial charge in [-0.15, -0.1) is 0 Å². The number of hydrogen-bond acceptors (Lipinski definition) is 2. The maximum atomic E-state index is 5.96. The van der Waals surface area contributed by atoms with Crippen LogP contribution in [0.4, 0.5) is 0 Å². The summed E-state index contributed by atoms with van der Waals surface area (Å²) in [7, 11) is 0. The summed E-state index contributed by atoms with van der Waals surface area (Å²) in [6.07, 6.45) is 0.991. The molecule has 0 radical (unpaired) electrons. The van der Waals surface area contributed by atoms with Gasteiger partial charge in [-0.3, -0.25) is 0 Å². The molecule has 0 aromatic heterocycles. The Balaban J connectivity index is 1.68. The lowest BCUT2D eigenvalue weighted by atomic mass is 10.1. The van der Waals surface area contributed by atoms with Crippen molar-refractivity contribution in [3.63, 3.8) is 0 Å². The minimum Gasteiger partial charge on any atom is -0.493 e. The molecule has 0 fully saturated rings. The van der Waals surface area contributed by atoms with Gasteiger partial charge in [-0.1, -0.05) is 49.5 Å². The van der Waals surface area contributed by atoms with Crippen LogP contribution in [0.15, 0.2) is 39.3 Å². The summed E-state index contributed by atoms with van der Waals surface area (Å²) >= 11 is 13.1. The predicted molar refractivity (Wildman–Crippen MR) is 93.0 cm³/mol. The first-order valence-electron chi connectivity index (χ1n) is 6.72. The fourth-order valence-electron chi connectivity index (χ4n) is 2.47. The van der Waals surface area contributed by atoms with Crippen LogP contribution in [0.3, 0.4) is 0 Å². The lowest BCUT2D eigenvalue weighted by Gasteiger charge is -2.11. The van der Waals surface area contributed by atoms with E-state index in [1.54, 1.807) is 0 Å². The molecule has 1 N–H and O–H groups in total. The van der Waals surface area contributed by atoms with Gasteiger partial charge in [-0.25, -0.2) is 0 Å². The van der Waals surface area contributed by atoms with E-state index in [4.69, 9.17) is 16.3 Å². The van der Waals surface area contributed by atoms with Crippen molar-refractivity contribution in [3.8, 4) is 5.75 Å². The van der Waals surface area contributed by atoms with Gasteiger partial charge in [-0.05, 0) is 35.4 Å². The summed E-state index contributed by atoms with van der Waals surface area (Å²) in [4.78, 5) is 0. The van der Waals surface area contributed by atoms with Crippen molar-refractivity contribution < 1.29 is 4.74 Å². The first-order valence-corrected chi connectivity index (χ1v) is 8.68. The van der Waals surface area contributed by atoms with Crippen LogP contribution in [0.25, 0.3) is 0 Å². The number of nitrogens with one attached hydrogen (secondary N) is 1. The number of ether oxygens (including phenoxy) is 1. The Morgan fingerprint density at radius 3 is 2.71 bits per heavy atom. The maximum Gasteiger partial charge on any atom is 0.127 e. The molecule has 2 aromatic rings. The second-order valence-corrected chi connectivity index (χ2v) is 7.20. The van der Waals surface area contributed by atoms with E-state index in [1.807, 2.05) is 18.2 Å². The summed E-state index contributed by atoms with van der Waals surface area (Å²) in [5.74, 6) is 1.04. The molecular weight excluding hydrogens is 417 g/mol. The molecule has 0 spiro atoms. The minimum atomic E-state index is 0.740. The second-order valence-electron chi connectivity index (χ2n) is 4.99. The minimum absolute atomic E-state index is 0.740. The van der Waals surface area contributed by atoms with Crippen LogP contribution in [-0.2, 0) is 19.5 Å². The van der Waals surface area contributed by atoms with E-state index in [2.05, 4.69) is 49.3 Å². The SMILES string of the molecule is Clc1ccc(CNCc2cc(Br)cc3c2OCC3)c(Br)c1. The molecule has 1 aliphatic rings. The first kappa shape index (κ1) is 15.3. The second kappa shape index (κ2) is 6.69. The van der Waals surface area contributed by atoms with Crippen LogP contribution in [-0.4, -0.2) is 6.61 Å². The van der Waals surface area contributed by atoms with E-state index >= 15 is 0 Å². The van der Waals surface area contributed by atoms with Gasteiger partial charge in [0.05, 0.1) is 6.61 Å². The van der Waals surface area contributed by atoms with Crippen LogP contribution in [0.2, 0.25) is 5.02 Å². The van der Waals surface area contributed by atoms with Gasteiger partial charge in [0.25, 0.3) is 0 Å². The molecule has 0 bridgehead atoms. The summed E-state index contributed by atoms with van der Waals surface area (Å²) in [5.41, 5.74) is 3.67. The molecule has 3 rings (SSSR count). The lowest BCUT2D eigenvalue weighted by Crippen LogP contribution is -2.13. The van der Waals surface area contributed by atoms with Gasteiger partial charge < -0.3 is 10.1 Å². The third-order valence-electron chi connectivity index (χ3n) is 3.47. The summed E-state index contributed by atoms with van der Waals surface area (Å²) in [6.45, 7) is 2.33. The van der Waals surface area contributed by atoms with Crippen molar-refractivity contribution >= 4 is 43.5 Å².